The molecule has 0 aliphatic heterocycles. The van der Waals surface area contributed by atoms with E-state index in [1.54, 1.807) is 17.5 Å². The molecule has 0 bridgehead atoms. The van der Waals surface area contributed by atoms with Gasteiger partial charge in [0.25, 0.3) is 0 Å². The van der Waals surface area contributed by atoms with Gasteiger partial charge < -0.3 is 0 Å². The minimum atomic E-state index is -4.83. The van der Waals surface area contributed by atoms with Crippen LogP contribution in [0.5, 0.6) is 0 Å². The van der Waals surface area contributed by atoms with Gasteiger partial charge in [0, 0.05) is 4.88 Å². The van der Waals surface area contributed by atoms with E-state index in [1.165, 1.54) is 11.3 Å². The van der Waals surface area contributed by atoms with Crippen LogP contribution in [-0.2, 0) is 6.18 Å². The summed E-state index contributed by atoms with van der Waals surface area (Å²) >= 11 is 7.24. The molecule has 108 valence electrons. The van der Waals surface area contributed by atoms with Crippen molar-refractivity contribution in [2.45, 2.75) is 6.18 Å². The molecule has 0 radical (unpaired) electrons. The summed E-state index contributed by atoms with van der Waals surface area (Å²) in [5, 5.41) is 10.7. The van der Waals surface area contributed by atoms with E-state index >= 15 is 0 Å². The molecule has 2 aromatic rings. The van der Waals surface area contributed by atoms with E-state index in [9.17, 15) is 17.6 Å². The molecule has 0 saturated heterocycles. The maximum absolute atomic E-state index is 13.2. The highest BCUT2D eigenvalue weighted by Gasteiger charge is 2.34. The van der Waals surface area contributed by atoms with E-state index in [1.807, 2.05) is 6.07 Å². The van der Waals surface area contributed by atoms with E-state index in [-0.39, 0.29) is 16.2 Å². The number of rotatable bonds is 2. The molecule has 0 atom stereocenters. The topological polar surface area (TPSA) is 23.8 Å². The maximum Gasteiger partial charge on any atom is 0.419 e. The average molecular weight is 332 g/mol. The number of nitrogens with zero attached hydrogens (tertiary/aromatic N) is 1. The van der Waals surface area contributed by atoms with Gasteiger partial charge in [-0.15, -0.1) is 11.3 Å². The largest absolute Gasteiger partial charge is 0.419 e. The Bertz CT molecular complexity index is 726. The summed E-state index contributed by atoms with van der Waals surface area (Å²) in [5.41, 5.74) is -1.43. The molecule has 0 aliphatic rings. The molecule has 0 aliphatic carbocycles. The minimum absolute atomic E-state index is 0.0476. The average Bonchev–Trinajstić information content (AvgIpc) is 2.92. The first-order valence-electron chi connectivity index (χ1n) is 5.55. The van der Waals surface area contributed by atoms with Gasteiger partial charge in [0.05, 0.1) is 16.2 Å². The van der Waals surface area contributed by atoms with Crippen LogP contribution >= 0.6 is 22.9 Å². The van der Waals surface area contributed by atoms with Crippen molar-refractivity contribution < 1.29 is 17.6 Å². The number of thiophene rings is 1. The van der Waals surface area contributed by atoms with Gasteiger partial charge in [-0.1, -0.05) is 23.7 Å². The van der Waals surface area contributed by atoms with Crippen LogP contribution in [0.3, 0.4) is 0 Å². The summed E-state index contributed by atoms with van der Waals surface area (Å²) < 4.78 is 51.3. The molecular weight excluding hydrogens is 326 g/mol. The molecule has 0 spiro atoms. The second-order valence-electron chi connectivity index (χ2n) is 3.97. The Kier molecular flexibility index (Phi) is 4.35. The molecule has 1 aromatic heterocycles. The first-order chi connectivity index (χ1) is 9.84. The molecule has 0 amide bonds. The molecule has 0 N–H and O–H groups in total. The fourth-order valence-corrected chi connectivity index (χ4v) is 2.70. The van der Waals surface area contributed by atoms with Gasteiger partial charge >= 0.3 is 6.18 Å². The van der Waals surface area contributed by atoms with Crippen LogP contribution in [0.1, 0.15) is 16.0 Å². The second-order valence-corrected chi connectivity index (χ2v) is 5.30. The highest BCUT2D eigenvalue weighted by molar-refractivity contribution is 7.11. The first-order valence-corrected chi connectivity index (χ1v) is 6.81. The highest BCUT2D eigenvalue weighted by atomic mass is 35.5. The van der Waals surface area contributed by atoms with Gasteiger partial charge in [-0.05, 0) is 29.1 Å². The molecule has 0 unspecified atom stereocenters. The zero-order valence-corrected chi connectivity index (χ0v) is 11.8. The van der Waals surface area contributed by atoms with E-state index in [2.05, 4.69) is 0 Å². The Morgan fingerprint density at radius 3 is 2.48 bits per heavy atom. The van der Waals surface area contributed by atoms with Crippen LogP contribution in [0.15, 0.2) is 35.7 Å². The van der Waals surface area contributed by atoms with Gasteiger partial charge in [0.2, 0.25) is 0 Å². The highest BCUT2D eigenvalue weighted by Crippen LogP contribution is 2.36. The Labute approximate surface area is 126 Å². The SMILES string of the molecule is N#CC(=C(Cl)c1ccc(F)c(C(F)(F)F)c1)c1cccs1. The van der Waals surface area contributed by atoms with E-state index in [0.717, 1.165) is 6.07 Å². The third-order valence-corrected chi connectivity index (χ3v) is 3.92. The number of nitriles is 1. The van der Waals surface area contributed by atoms with Crippen molar-refractivity contribution in [3.8, 4) is 6.07 Å². The Balaban J connectivity index is 2.59. The fraction of sp³-hybridized carbons (Fsp3) is 0.0714. The van der Waals surface area contributed by atoms with Crippen LogP contribution in [0.25, 0.3) is 10.6 Å². The van der Waals surface area contributed by atoms with Gasteiger partial charge in [0.1, 0.15) is 11.9 Å². The molecule has 1 nitrogen and oxygen atoms in total. The van der Waals surface area contributed by atoms with Crippen LogP contribution in [-0.4, -0.2) is 0 Å². The third-order valence-electron chi connectivity index (χ3n) is 2.62. The number of alkyl halides is 3. The van der Waals surface area contributed by atoms with Crippen LogP contribution in [0, 0.1) is 17.1 Å². The van der Waals surface area contributed by atoms with Crippen molar-refractivity contribution in [3.63, 3.8) is 0 Å². The molecule has 0 fully saturated rings. The van der Waals surface area contributed by atoms with Crippen molar-refractivity contribution in [3.05, 3.63) is 57.5 Å². The summed E-state index contributed by atoms with van der Waals surface area (Å²) in [7, 11) is 0. The summed E-state index contributed by atoms with van der Waals surface area (Å²) in [6.07, 6.45) is -4.83. The lowest BCUT2D eigenvalue weighted by Gasteiger charge is -2.10. The third kappa shape index (κ3) is 3.26. The number of hydrogen-bond acceptors (Lipinski definition) is 2. The number of hydrogen-bond donors (Lipinski definition) is 0. The lowest BCUT2D eigenvalue weighted by molar-refractivity contribution is -0.140. The molecule has 1 heterocycles. The van der Waals surface area contributed by atoms with Gasteiger partial charge in [-0.25, -0.2) is 4.39 Å². The Morgan fingerprint density at radius 2 is 1.95 bits per heavy atom. The monoisotopic (exact) mass is 331 g/mol. The van der Waals surface area contributed by atoms with Gasteiger partial charge in [-0.2, -0.15) is 18.4 Å². The normalized spacial score (nSPS) is 12.8. The van der Waals surface area contributed by atoms with Crippen molar-refractivity contribution in [2.75, 3.05) is 0 Å². The minimum Gasteiger partial charge on any atom is -0.206 e. The van der Waals surface area contributed by atoms with E-state index in [0.29, 0.717) is 17.0 Å². The van der Waals surface area contributed by atoms with Gasteiger partial charge in [-0.3, -0.25) is 0 Å². The summed E-state index contributed by atoms with van der Waals surface area (Å²) in [6, 6.07) is 7.56. The molecule has 2 rings (SSSR count). The predicted molar refractivity (Wildman–Crippen MR) is 74.0 cm³/mol. The van der Waals surface area contributed by atoms with Crippen molar-refractivity contribution in [1.82, 2.24) is 0 Å². The van der Waals surface area contributed by atoms with Crippen molar-refractivity contribution in [1.29, 1.82) is 5.26 Å². The fourth-order valence-electron chi connectivity index (χ4n) is 1.66. The Hall–Kier alpha value is -1.84. The smallest absolute Gasteiger partial charge is 0.206 e. The van der Waals surface area contributed by atoms with Gasteiger partial charge in [0.15, 0.2) is 0 Å². The van der Waals surface area contributed by atoms with Crippen LogP contribution in [0.4, 0.5) is 17.6 Å². The van der Waals surface area contributed by atoms with E-state index in [4.69, 9.17) is 16.9 Å². The predicted octanol–water partition coefficient (Wildman–Crippen LogP) is 5.54. The summed E-state index contributed by atoms with van der Waals surface area (Å²) in [5.74, 6) is -1.38. The lowest BCUT2D eigenvalue weighted by Crippen LogP contribution is -2.08. The summed E-state index contributed by atoms with van der Waals surface area (Å²) in [4.78, 5) is 0.528. The van der Waals surface area contributed by atoms with Crippen LogP contribution in [0.2, 0.25) is 0 Å². The molecule has 21 heavy (non-hydrogen) atoms. The molecule has 7 heteroatoms. The zero-order chi connectivity index (χ0) is 15.6. The number of halogens is 5. The summed E-state index contributed by atoms with van der Waals surface area (Å²) in [6.45, 7) is 0. The van der Waals surface area contributed by atoms with Crippen molar-refractivity contribution >= 4 is 33.5 Å². The zero-order valence-electron chi connectivity index (χ0n) is 10.2. The molecule has 0 saturated carbocycles. The van der Waals surface area contributed by atoms with Crippen molar-refractivity contribution in [2.24, 2.45) is 0 Å². The Morgan fingerprint density at radius 1 is 1.24 bits per heavy atom. The number of allylic oxidation sites excluding steroid dienone is 1. The standard InChI is InChI=1S/C14H6ClF4NS/c15-13(9(7-20)12-2-1-5-21-12)8-3-4-11(16)10(6-8)14(17,18)19/h1-6H. The maximum atomic E-state index is 13.2. The number of benzene rings is 1. The molecule has 1 aromatic carbocycles. The second kappa shape index (κ2) is 5.88. The van der Waals surface area contributed by atoms with E-state index < -0.39 is 17.6 Å². The van der Waals surface area contributed by atoms with Crippen LogP contribution < -0.4 is 0 Å². The quantitative estimate of drug-likeness (QED) is 0.524. The molecular formula is C14H6ClF4NS. The first kappa shape index (κ1) is 15.5. The lowest BCUT2D eigenvalue weighted by atomic mass is 10.1.